The number of carbonyl (C=O) groups excluding carboxylic acids is 1. The fraction of sp³-hybridized carbons (Fsp3) is 0.286. The van der Waals surface area contributed by atoms with Crippen molar-refractivity contribution in [2.45, 2.75) is 24.9 Å². The van der Waals surface area contributed by atoms with Gasteiger partial charge in [-0.2, -0.15) is 5.26 Å². The number of nitrogens with zero attached hydrogens (tertiary/aromatic N) is 3. The highest BCUT2D eigenvalue weighted by Gasteiger charge is 2.30. The van der Waals surface area contributed by atoms with Gasteiger partial charge in [-0.3, -0.25) is 4.90 Å². The van der Waals surface area contributed by atoms with Gasteiger partial charge in [-0.1, -0.05) is 12.1 Å². The number of halogens is 2. The number of carbonyl (C=O) groups is 1. The Morgan fingerprint density at radius 2 is 1.93 bits per heavy atom. The summed E-state index contributed by atoms with van der Waals surface area (Å²) in [6.45, 7) is 0.878. The van der Waals surface area contributed by atoms with E-state index in [4.69, 9.17) is 10.2 Å². The first-order chi connectivity index (χ1) is 13.6. The smallest absolute Gasteiger partial charge is 0.319 e. The molecule has 0 saturated carbocycles. The van der Waals surface area contributed by atoms with Crippen molar-refractivity contribution in [2.75, 3.05) is 18.9 Å². The molecular formula is C21H24Cl2N6O. The third kappa shape index (κ3) is 5.22. The van der Waals surface area contributed by atoms with Gasteiger partial charge in [0.1, 0.15) is 5.82 Å². The van der Waals surface area contributed by atoms with E-state index in [-0.39, 0.29) is 42.9 Å². The van der Waals surface area contributed by atoms with Crippen LogP contribution >= 0.6 is 24.8 Å². The predicted molar refractivity (Wildman–Crippen MR) is 122 cm³/mol. The molecule has 2 amide bonds. The number of aromatic nitrogens is 2. The lowest BCUT2D eigenvalue weighted by Gasteiger charge is -2.36. The largest absolute Gasteiger partial charge is 0.341 e. The number of urea groups is 1. The number of hydrogen-bond donors (Lipinski definition) is 3. The molecule has 7 nitrogen and oxygen atoms in total. The van der Waals surface area contributed by atoms with Gasteiger partial charge in [0, 0.05) is 18.3 Å². The first-order valence-corrected chi connectivity index (χ1v) is 9.35. The van der Waals surface area contributed by atoms with Crippen LogP contribution in [0.2, 0.25) is 0 Å². The number of H-pyrrole nitrogens is 1. The SMILES string of the molecule is CN1CC[C@@H](NC(=O)Nc2ccc(C#N)cc2)C[C@@H]1c1nc2ccccc2[nH]1.Cl.Cl. The average Bonchev–Trinajstić information content (AvgIpc) is 3.14. The van der Waals surface area contributed by atoms with Crippen LogP contribution < -0.4 is 10.6 Å². The van der Waals surface area contributed by atoms with Gasteiger partial charge < -0.3 is 15.6 Å². The number of nitriles is 1. The lowest BCUT2D eigenvalue weighted by Crippen LogP contribution is -2.46. The number of rotatable bonds is 3. The number of imidazole rings is 1. The Kier molecular flexibility index (Phi) is 8.07. The number of likely N-dealkylation sites (tertiary alicyclic amines) is 1. The van der Waals surface area contributed by atoms with Crippen LogP contribution in [0, 0.1) is 11.3 Å². The van der Waals surface area contributed by atoms with Gasteiger partial charge in [0.15, 0.2) is 0 Å². The van der Waals surface area contributed by atoms with E-state index in [1.54, 1.807) is 24.3 Å². The van der Waals surface area contributed by atoms with E-state index in [2.05, 4.69) is 33.6 Å². The third-order valence-corrected chi connectivity index (χ3v) is 5.20. The molecule has 3 aromatic rings. The number of nitrogens with one attached hydrogen (secondary N) is 3. The molecule has 0 unspecified atom stereocenters. The highest BCUT2D eigenvalue weighted by Crippen LogP contribution is 2.29. The first kappa shape index (κ1) is 23.5. The summed E-state index contributed by atoms with van der Waals surface area (Å²) in [7, 11) is 2.09. The Bertz CT molecular complexity index is 997. The Morgan fingerprint density at radius 1 is 1.20 bits per heavy atom. The van der Waals surface area contributed by atoms with Crippen molar-refractivity contribution < 1.29 is 4.79 Å². The molecule has 3 N–H and O–H groups in total. The molecule has 2 heterocycles. The first-order valence-electron chi connectivity index (χ1n) is 9.35. The van der Waals surface area contributed by atoms with E-state index in [0.717, 1.165) is 36.2 Å². The third-order valence-electron chi connectivity index (χ3n) is 5.20. The van der Waals surface area contributed by atoms with E-state index in [1.165, 1.54) is 0 Å². The van der Waals surface area contributed by atoms with Crippen LogP contribution in [0.4, 0.5) is 10.5 Å². The zero-order valence-corrected chi connectivity index (χ0v) is 18.1. The van der Waals surface area contributed by atoms with Crippen molar-refractivity contribution >= 4 is 47.6 Å². The molecule has 158 valence electrons. The molecule has 30 heavy (non-hydrogen) atoms. The quantitative estimate of drug-likeness (QED) is 0.560. The fourth-order valence-corrected chi connectivity index (χ4v) is 3.65. The van der Waals surface area contributed by atoms with Gasteiger partial charge in [-0.05, 0) is 56.3 Å². The molecule has 1 aromatic heterocycles. The van der Waals surface area contributed by atoms with E-state index in [1.807, 2.05) is 24.3 Å². The normalized spacial score (nSPS) is 18.5. The van der Waals surface area contributed by atoms with Crippen molar-refractivity contribution in [3.63, 3.8) is 0 Å². The summed E-state index contributed by atoms with van der Waals surface area (Å²) in [6, 6.07) is 16.8. The highest BCUT2D eigenvalue weighted by atomic mass is 35.5. The summed E-state index contributed by atoms with van der Waals surface area (Å²) in [4.78, 5) is 22.8. The summed E-state index contributed by atoms with van der Waals surface area (Å²) >= 11 is 0. The number of anilines is 1. The van der Waals surface area contributed by atoms with E-state index < -0.39 is 0 Å². The van der Waals surface area contributed by atoms with Crippen LogP contribution in [0.15, 0.2) is 48.5 Å². The lowest BCUT2D eigenvalue weighted by atomic mass is 9.97. The second-order valence-corrected chi connectivity index (χ2v) is 7.14. The predicted octanol–water partition coefficient (Wildman–Crippen LogP) is 4.24. The van der Waals surface area contributed by atoms with Gasteiger partial charge in [0.25, 0.3) is 0 Å². The van der Waals surface area contributed by atoms with Crippen LogP contribution in [-0.4, -0.2) is 40.5 Å². The zero-order chi connectivity index (χ0) is 19.5. The summed E-state index contributed by atoms with van der Waals surface area (Å²) in [6.07, 6.45) is 1.67. The average molecular weight is 447 g/mol. The molecule has 9 heteroatoms. The van der Waals surface area contributed by atoms with Crippen molar-refractivity contribution in [1.29, 1.82) is 5.26 Å². The molecule has 0 radical (unpaired) electrons. The molecule has 1 aliphatic heterocycles. The van der Waals surface area contributed by atoms with Gasteiger partial charge in [-0.15, -0.1) is 24.8 Å². The summed E-state index contributed by atoms with van der Waals surface area (Å²) in [5.41, 5.74) is 3.22. The van der Waals surface area contributed by atoms with E-state index >= 15 is 0 Å². The van der Waals surface area contributed by atoms with Gasteiger partial charge in [0.2, 0.25) is 0 Å². The number of benzene rings is 2. The monoisotopic (exact) mass is 446 g/mol. The highest BCUT2D eigenvalue weighted by molar-refractivity contribution is 5.89. The van der Waals surface area contributed by atoms with Crippen LogP contribution in [0.25, 0.3) is 11.0 Å². The van der Waals surface area contributed by atoms with Crippen molar-refractivity contribution in [2.24, 2.45) is 0 Å². The fourth-order valence-electron chi connectivity index (χ4n) is 3.65. The topological polar surface area (TPSA) is 96.8 Å². The van der Waals surface area contributed by atoms with Crippen molar-refractivity contribution in [1.82, 2.24) is 20.2 Å². The minimum absolute atomic E-state index is 0. The maximum atomic E-state index is 12.4. The molecule has 0 spiro atoms. The number of amides is 2. The standard InChI is InChI=1S/C21H22N6O.2ClH/c1-27-11-10-16(24-21(28)23-15-8-6-14(13-22)7-9-15)12-19(27)20-25-17-4-2-3-5-18(17)26-20;;/h2-9,16,19H,10-12H2,1H3,(H,25,26)(H2,23,24,28);2*1H/t16-,19-;;/m1../s1. The van der Waals surface area contributed by atoms with Crippen LogP contribution in [0.3, 0.4) is 0 Å². The second-order valence-electron chi connectivity index (χ2n) is 7.14. The molecule has 4 rings (SSSR count). The molecule has 1 saturated heterocycles. The molecule has 1 fully saturated rings. The minimum Gasteiger partial charge on any atom is -0.341 e. The van der Waals surface area contributed by atoms with E-state index in [9.17, 15) is 4.79 Å². The zero-order valence-electron chi connectivity index (χ0n) is 16.5. The number of para-hydroxylation sites is 2. The molecule has 0 aliphatic carbocycles. The maximum Gasteiger partial charge on any atom is 0.319 e. The Hall–Kier alpha value is -2.79. The summed E-state index contributed by atoms with van der Waals surface area (Å²) < 4.78 is 0. The number of piperidine rings is 1. The molecular weight excluding hydrogens is 423 g/mol. The molecule has 2 atom stereocenters. The second kappa shape index (κ2) is 10.3. The van der Waals surface area contributed by atoms with Crippen molar-refractivity contribution in [3.05, 3.63) is 59.9 Å². The van der Waals surface area contributed by atoms with Crippen LogP contribution in [-0.2, 0) is 0 Å². The number of hydrogen-bond acceptors (Lipinski definition) is 4. The Balaban J connectivity index is 0.00000160. The minimum atomic E-state index is -0.234. The van der Waals surface area contributed by atoms with Crippen LogP contribution in [0.1, 0.15) is 30.3 Å². The summed E-state index contributed by atoms with van der Waals surface area (Å²) in [5, 5.41) is 14.7. The lowest BCUT2D eigenvalue weighted by molar-refractivity contribution is 0.153. The van der Waals surface area contributed by atoms with E-state index in [0.29, 0.717) is 11.3 Å². The van der Waals surface area contributed by atoms with Gasteiger partial charge in [-0.25, -0.2) is 9.78 Å². The van der Waals surface area contributed by atoms with Gasteiger partial charge in [0.05, 0.1) is 28.7 Å². The Labute approximate surface area is 187 Å². The summed E-state index contributed by atoms with van der Waals surface area (Å²) in [5.74, 6) is 0.933. The molecule has 2 aromatic carbocycles. The maximum absolute atomic E-state index is 12.4. The Morgan fingerprint density at radius 3 is 2.63 bits per heavy atom. The van der Waals surface area contributed by atoms with Gasteiger partial charge >= 0.3 is 6.03 Å². The van der Waals surface area contributed by atoms with Crippen LogP contribution in [0.5, 0.6) is 0 Å². The molecule has 0 bridgehead atoms. The van der Waals surface area contributed by atoms with Crippen molar-refractivity contribution in [3.8, 4) is 6.07 Å². The number of fused-ring (bicyclic) bond motifs is 1. The molecule has 1 aliphatic rings. The number of aromatic amines is 1.